The molecular formula is C21H17ClN2O3. The Morgan fingerprint density at radius 3 is 2.52 bits per heavy atom. The molecule has 3 aromatic rings. The Balaban J connectivity index is 1.87. The maximum Gasteiger partial charge on any atom is 0.253 e. The first-order valence-electron chi connectivity index (χ1n) is 8.31. The van der Waals surface area contributed by atoms with E-state index < -0.39 is 5.91 Å². The molecule has 5 nitrogen and oxygen atoms in total. The van der Waals surface area contributed by atoms with E-state index in [1.54, 1.807) is 61.7 Å². The van der Waals surface area contributed by atoms with Crippen molar-refractivity contribution in [2.75, 3.05) is 5.32 Å². The van der Waals surface area contributed by atoms with Crippen LogP contribution in [0.4, 0.5) is 5.69 Å². The number of amides is 1. The highest BCUT2D eigenvalue weighted by Crippen LogP contribution is 2.23. The quantitative estimate of drug-likeness (QED) is 0.686. The smallest absolute Gasteiger partial charge is 0.253 e. The van der Waals surface area contributed by atoms with E-state index in [1.165, 1.54) is 10.6 Å². The second-order valence-corrected chi connectivity index (χ2v) is 6.49. The molecule has 6 heteroatoms. The fourth-order valence-corrected chi connectivity index (χ4v) is 2.86. The van der Waals surface area contributed by atoms with Gasteiger partial charge in [-0.25, -0.2) is 0 Å². The van der Waals surface area contributed by atoms with Crippen LogP contribution >= 0.6 is 11.6 Å². The topological polar surface area (TPSA) is 68.2 Å². The second-order valence-electron chi connectivity index (χ2n) is 6.06. The van der Waals surface area contributed by atoms with Crippen molar-refractivity contribution in [2.45, 2.75) is 13.5 Å². The van der Waals surface area contributed by atoms with Gasteiger partial charge in [0, 0.05) is 27.9 Å². The third-order valence-corrected chi connectivity index (χ3v) is 4.30. The number of benzene rings is 2. The summed E-state index contributed by atoms with van der Waals surface area (Å²) in [6.07, 6.45) is 1.55. The predicted octanol–water partition coefficient (Wildman–Crippen LogP) is 3.68. The van der Waals surface area contributed by atoms with Crippen LogP contribution in [0.1, 0.15) is 21.5 Å². The molecule has 0 aliphatic carbocycles. The summed E-state index contributed by atoms with van der Waals surface area (Å²) in [5.41, 5.74) is 1.45. The molecule has 0 radical (unpaired) electrons. The molecule has 0 saturated heterocycles. The molecule has 1 heterocycles. The van der Waals surface area contributed by atoms with Gasteiger partial charge >= 0.3 is 0 Å². The lowest BCUT2D eigenvalue weighted by Crippen LogP contribution is -2.28. The van der Waals surface area contributed by atoms with Crippen LogP contribution in [0.5, 0.6) is 0 Å². The fourth-order valence-electron chi connectivity index (χ4n) is 2.68. The van der Waals surface area contributed by atoms with E-state index in [9.17, 15) is 14.4 Å². The number of aryl methyl sites for hydroxylation is 1. The van der Waals surface area contributed by atoms with Crippen LogP contribution in [0.25, 0.3) is 0 Å². The van der Waals surface area contributed by atoms with Gasteiger partial charge in [0.25, 0.3) is 5.56 Å². The van der Waals surface area contributed by atoms with E-state index in [0.29, 0.717) is 27.4 Å². The number of pyridine rings is 1. The van der Waals surface area contributed by atoms with Crippen LogP contribution in [0.3, 0.4) is 0 Å². The molecule has 0 spiro atoms. The van der Waals surface area contributed by atoms with Gasteiger partial charge in [-0.3, -0.25) is 14.4 Å². The summed E-state index contributed by atoms with van der Waals surface area (Å²) < 4.78 is 1.32. The molecule has 0 bridgehead atoms. The van der Waals surface area contributed by atoms with E-state index in [-0.39, 0.29) is 17.9 Å². The number of halogens is 1. The highest BCUT2D eigenvalue weighted by atomic mass is 35.5. The minimum Gasteiger partial charge on any atom is -0.324 e. The van der Waals surface area contributed by atoms with Gasteiger partial charge in [0.05, 0.1) is 5.69 Å². The van der Waals surface area contributed by atoms with Gasteiger partial charge in [-0.2, -0.15) is 0 Å². The van der Waals surface area contributed by atoms with E-state index >= 15 is 0 Å². The lowest BCUT2D eigenvalue weighted by molar-refractivity contribution is -0.116. The number of anilines is 1. The number of nitrogens with one attached hydrogen (secondary N) is 1. The Morgan fingerprint density at radius 1 is 1.04 bits per heavy atom. The summed E-state index contributed by atoms with van der Waals surface area (Å²) in [4.78, 5) is 37.3. The summed E-state index contributed by atoms with van der Waals surface area (Å²) in [6.45, 7) is 1.54. The van der Waals surface area contributed by atoms with Crippen molar-refractivity contribution in [1.29, 1.82) is 0 Å². The molecular weight excluding hydrogens is 364 g/mol. The molecule has 0 aliphatic rings. The Hall–Kier alpha value is -3.18. The van der Waals surface area contributed by atoms with E-state index in [4.69, 9.17) is 11.6 Å². The Kier molecular flexibility index (Phi) is 5.52. The van der Waals surface area contributed by atoms with Crippen molar-refractivity contribution in [2.24, 2.45) is 0 Å². The zero-order chi connectivity index (χ0) is 19.4. The number of hydrogen-bond donors (Lipinski definition) is 1. The van der Waals surface area contributed by atoms with Crippen LogP contribution in [-0.4, -0.2) is 16.3 Å². The highest BCUT2D eigenvalue weighted by Gasteiger charge is 2.16. The largest absolute Gasteiger partial charge is 0.324 e. The Labute approximate surface area is 161 Å². The van der Waals surface area contributed by atoms with Crippen LogP contribution in [0.15, 0.2) is 71.7 Å². The summed E-state index contributed by atoms with van der Waals surface area (Å²) in [5.74, 6) is -0.659. The normalized spacial score (nSPS) is 10.4. The minimum atomic E-state index is -0.410. The van der Waals surface area contributed by atoms with Crippen molar-refractivity contribution in [1.82, 2.24) is 4.57 Å². The Morgan fingerprint density at radius 2 is 1.78 bits per heavy atom. The number of rotatable bonds is 5. The summed E-state index contributed by atoms with van der Waals surface area (Å²) in [7, 11) is 0. The van der Waals surface area contributed by atoms with Crippen LogP contribution in [0, 0.1) is 6.92 Å². The third kappa shape index (κ3) is 4.33. The molecule has 3 rings (SSSR count). The second kappa shape index (κ2) is 8.01. The standard InChI is InChI=1S/C21H17ClN2O3/c1-14-6-5-11-24(21(14)27)13-19(25)23-18-10-9-16(22)12-17(18)20(26)15-7-3-2-4-8-15/h2-12H,13H2,1H3,(H,23,25). The lowest BCUT2D eigenvalue weighted by atomic mass is 10.0. The van der Waals surface area contributed by atoms with Crippen molar-refractivity contribution in [3.05, 3.63) is 98.9 Å². The van der Waals surface area contributed by atoms with Gasteiger partial charge in [-0.15, -0.1) is 0 Å². The summed E-state index contributed by atoms with van der Waals surface area (Å²) >= 11 is 6.04. The molecule has 136 valence electrons. The summed E-state index contributed by atoms with van der Waals surface area (Å²) in [6, 6.07) is 16.8. The van der Waals surface area contributed by atoms with Crippen LogP contribution in [0.2, 0.25) is 5.02 Å². The van der Waals surface area contributed by atoms with Gasteiger partial charge in [0.15, 0.2) is 5.78 Å². The van der Waals surface area contributed by atoms with E-state index in [1.807, 2.05) is 6.07 Å². The lowest BCUT2D eigenvalue weighted by Gasteiger charge is -2.12. The van der Waals surface area contributed by atoms with Crippen molar-refractivity contribution in [3.63, 3.8) is 0 Å². The van der Waals surface area contributed by atoms with Crippen molar-refractivity contribution in [3.8, 4) is 0 Å². The molecule has 0 aliphatic heterocycles. The van der Waals surface area contributed by atoms with Crippen LogP contribution < -0.4 is 10.9 Å². The fraction of sp³-hybridized carbons (Fsp3) is 0.0952. The SMILES string of the molecule is Cc1cccn(CC(=O)Nc2ccc(Cl)cc2C(=O)c2ccccc2)c1=O. The molecule has 1 amide bonds. The summed E-state index contributed by atoms with van der Waals surface area (Å²) in [5, 5.41) is 3.10. The first-order valence-corrected chi connectivity index (χ1v) is 8.68. The number of aromatic nitrogens is 1. The number of carbonyl (C=O) groups is 2. The van der Waals surface area contributed by atoms with Crippen molar-refractivity contribution >= 4 is 29.0 Å². The van der Waals surface area contributed by atoms with Gasteiger partial charge < -0.3 is 9.88 Å². The minimum absolute atomic E-state index is 0.151. The number of carbonyl (C=O) groups excluding carboxylic acids is 2. The average molecular weight is 381 g/mol. The van der Waals surface area contributed by atoms with Gasteiger partial charge in [0.1, 0.15) is 6.54 Å². The van der Waals surface area contributed by atoms with Crippen molar-refractivity contribution < 1.29 is 9.59 Å². The number of hydrogen-bond acceptors (Lipinski definition) is 3. The Bertz CT molecular complexity index is 1060. The molecule has 1 N–H and O–H groups in total. The maximum atomic E-state index is 12.8. The van der Waals surface area contributed by atoms with Crippen LogP contribution in [-0.2, 0) is 11.3 Å². The predicted molar refractivity (Wildman–Crippen MR) is 105 cm³/mol. The molecule has 0 saturated carbocycles. The average Bonchev–Trinajstić information content (AvgIpc) is 2.67. The van der Waals surface area contributed by atoms with E-state index in [0.717, 1.165) is 0 Å². The van der Waals surface area contributed by atoms with Gasteiger partial charge in [-0.1, -0.05) is 48.0 Å². The first kappa shape index (κ1) is 18.6. The number of ketones is 1. The zero-order valence-corrected chi connectivity index (χ0v) is 15.4. The molecule has 27 heavy (non-hydrogen) atoms. The number of nitrogens with zero attached hydrogens (tertiary/aromatic N) is 1. The highest BCUT2D eigenvalue weighted by molar-refractivity contribution is 6.31. The first-order chi connectivity index (χ1) is 13.0. The molecule has 0 unspecified atom stereocenters. The molecule has 0 fully saturated rings. The maximum absolute atomic E-state index is 12.8. The van der Waals surface area contributed by atoms with E-state index in [2.05, 4.69) is 5.32 Å². The zero-order valence-electron chi connectivity index (χ0n) is 14.6. The molecule has 0 atom stereocenters. The molecule has 2 aromatic carbocycles. The molecule has 1 aromatic heterocycles. The van der Waals surface area contributed by atoms with Gasteiger partial charge in [-0.05, 0) is 31.2 Å². The third-order valence-electron chi connectivity index (χ3n) is 4.06. The monoisotopic (exact) mass is 380 g/mol. The van der Waals surface area contributed by atoms with Gasteiger partial charge in [0.2, 0.25) is 5.91 Å².